The molecule has 0 saturated carbocycles. The molecule has 1 heterocycles. The number of nitrogen functional groups attached to an aromatic ring is 1. The number of benzene rings is 1. The molecule has 0 aliphatic carbocycles. The molecule has 2 rings (SSSR count). The predicted octanol–water partition coefficient (Wildman–Crippen LogP) is 2.49. The standard InChI is InChI=1S/C10H8BrN3/c11-7-5-13-10(14-6-7)8-3-1-2-4-9(8)12/h1-6H,12H2. The Morgan fingerprint density at radius 3 is 2.36 bits per heavy atom. The van der Waals surface area contributed by atoms with Crippen LogP contribution >= 0.6 is 15.9 Å². The first kappa shape index (κ1) is 9.15. The molecule has 0 fully saturated rings. The summed E-state index contributed by atoms with van der Waals surface area (Å²) >= 11 is 3.28. The zero-order valence-corrected chi connectivity index (χ0v) is 8.90. The first-order valence-corrected chi connectivity index (χ1v) is 4.89. The normalized spacial score (nSPS) is 10.1. The third-order valence-corrected chi connectivity index (χ3v) is 2.23. The van der Waals surface area contributed by atoms with E-state index in [1.165, 1.54) is 0 Å². The summed E-state index contributed by atoms with van der Waals surface area (Å²) in [6.45, 7) is 0. The number of hydrogen-bond donors (Lipinski definition) is 1. The van der Waals surface area contributed by atoms with Gasteiger partial charge in [-0.25, -0.2) is 9.97 Å². The number of para-hydroxylation sites is 1. The molecule has 0 saturated heterocycles. The Labute approximate surface area is 90.1 Å². The van der Waals surface area contributed by atoms with Crippen LogP contribution in [0, 0.1) is 0 Å². The van der Waals surface area contributed by atoms with Crippen LogP contribution in [0.4, 0.5) is 5.69 Å². The maximum atomic E-state index is 5.80. The van der Waals surface area contributed by atoms with Gasteiger partial charge in [-0.2, -0.15) is 0 Å². The summed E-state index contributed by atoms with van der Waals surface area (Å²) in [5.41, 5.74) is 7.35. The van der Waals surface area contributed by atoms with Gasteiger partial charge in [-0.3, -0.25) is 0 Å². The van der Waals surface area contributed by atoms with Crippen LogP contribution in [0.25, 0.3) is 11.4 Å². The van der Waals surface area contributed by atoms with Crippen molar-refractivity contribution in [3.05, 3.63) is 41.1 Å². The van der Waals surface area contributed by atoms with E-state index in [1.54, 1.807) is 12.4 Å². The molecule has 0 amide bonds. The molecule has 3 nitrogen and oxygen atoms in total. The minimum absolute atomic E-state index is 0.645. The van der Waals surface area contributed by atoms with E-state index in [-0.39, 0.29) is 0 Å². The SMILES string of the molecule is Nc1ccccc1-c1ncc(Br)cn1. The zero-order valence-electron chi connectivity index (χ0n) is 7.31. The summed E-state index contributed by atoms with van der Waals surface area (Å²) in [7, 11) is 0. The molecule has 0 aliphatic heterocycles. The van der Waals surface area contributed by atoms with Gasteiger partial charge in [-0.1, -0.05) is 12.1 Å². The lowest BCUT2D eigenvalue weighted by atomic mass is 10.2. The minimum Gasteiger partial charge on any atom is -0.398 e. The highest BCUT2D eigenvalue weighted by atomic mass is 79.9. The first-order valence-electron chi connectivity index (χ1n) is 4.10. The monoisotopic (exact) mass is 249 g/mol. The second kappa shape index (κ2) is 3.75. The largest absolute Gasteiger partial charge is 0.398 e. The van der Waals surface area contributed by atoms with Crippen molar-refractivity contribution in [1.29, 1.82) is 0 Å². The van der Waals surface area contributed by atoms with Gasteiger partial charge >= 0.3 is 0 Å². The third-order valence-electron chi connectivity index (χ3n) is 1.82. The highest BCUT2D eigenvalue weighted by Gasteiger charge is 2.03. The Bertz CT molecular complexity index is 439. The lowest BCUT2D eigenvalue weighted by Crippen LogP contribution is -1.93. The second-order valence-electron chi connectivity index (χ2n) is 2.81. The zero-order chi connectivity index (χ0) is 9.97. The van der Waals surface area contributed by atoms with Crippen LogP contribution in [0.3, 0.4) is 0 Å². The molecule has 0 bridgehead atoms. The van der Waals surface area contributed by atoms with E-state index in [9.17, 15) is 0 Å². The number of hydrogen-bond acceptors (Lipinski definition) is 3. The van der Waals surface area contributed by atoms with Crippen LogP contribution in [-0.4, -0.2) is 9.97 Å². The molecular weight excluding hydrogens is 242 g/mol. The molecular formula is C10H8BrN3. The minimum atomic E-state index is 0.645. The summed E-state index contributed by atoms with van der Waals surface area (Å²) in [4.78, 5) is 8.34. The first-order chi connectivity index (χ1) is 6.77. The molecule has 0 unspecified atom stereocenters. The van der Waals surface area contributed by atoms with E-state index >= 15 is 0 Å². The van der Waals surface area contributed by atoms with Crippen molar-refractivity contribution >= 4 is 21.6 Å². The third kappa shape index (κ3) is 1.75. The topological polar surface area (TPSA) is 51.8 Å². The molecule has 14 heavy (non-hydrogen) atoms. The maximum Gasteiger partial charge on any atom is 0.161 e. The quantitative estimate of drug-likeness (QED) is 0.791. The van der Waals surface area contributed by atoms with E-state index in [2.05, 4.69) is 25.9 Å². The van der Waals surface area contributed by atoms with E-state index < -0.39 is 0 Å². The van der Waals surface area contributed by atoms with Crippen molar-refractivity contribution in [2.75, 3.05) is 5.73 Å². The van der Waals surface area contributed by atoms with Gasteiger partial charge in [0.1, 0.15) is 0 Å². The summed E-state index contributed by atoms with van der Waals surface area (Å²) in [6.07, 6.45) is 3.41. The van der Waals surface area contributed by atoms with Gasteiger partial charge in [0.15, 0.2) is 5.82 Å². The number of rotatable bonds is 1. The Balaban J connectivity index is 2.50. The fraction of sp³-hybridized carbons (Fsp3) is 0. The van der Waals surface area contributed by atoms with Gasteiger partial charge in [0.2, 0.25) is 0 Å². The van der Waals surface area contributed by atoms with Gasteiger partial charge in [-0.05, 0) is 28.1 Å². The highest BCUT2D eigenvalue weighted by Crippen LogP contribution is 2.21. The van der Waals surface area contributed by atoms with Crippen molar-refractivity contribution in [3.8, 4) is 11.4 Å². The lowest BCUT2D eigenvalue weighted by molar-refractivity contribution is 1.16. The number of aromatic nitrogens is 2. The van der Waals surface area contributed by atoms with Gasteiger partial charge in [0.05, 0.1) is 4.47 Å². The molecule has 1 aromatic heterocycles. The van der Waals surface area contributed by atoms with Crippen molar-refractivity contribution in [2.24, 2.45) is 0 Å². The lowest BCUT2D eigenvalue weighted by Gasteiger charge is -2.02. The highest BCUT2D eigenvalue weighted by molar-refractivity contribution is 9.10. The van der Waals surface area contributed by atoms with E-state index in [4.69, 9.17) is 5.73 Å². The molecule has 0 radical (unpaired) electrons. The van der Waals surface area contributed by atoms with Crippen molar-refractivity contribution < 1.29 is 0 Å². The number of anilines is 1. The fourth-order valence-corrected chi connectivity index (χ4v) is 1.36. The molecule has 2 N–H and O–H groups in total. The summed E-state index contributed by atoms with van der Waals surface area (Å²) in [5.74, 6) is 0.645. The van der Waals surface area contributed by atoms with Gasteiger partial charge < -0.3 is 5.73 Å². The molecule has 0 atom stereocenters. The van der Waals surface area contributed by atoms with Crippen LogP contribution in [0.2, 0.25) is 0 Å². The number of nitrogens with two attached hydrogens (primary N) is 1. The summed E-state index contributed by atoms with van der Waals surface area (Å²) in [6, 6.07) is 7.54. The number of nitrogens with zero attached hydrogens (tertiary/aromatic N) is 2. The van der Waals surface area contributed by atoms with E-state index in [1.807, 2.05) is 24.3 Å². The van der Waals surface area contributed by atoms with Gasteiger partial charge in [0, 0.05) is 23.6 Å². The Morgan fingerprint density at radius 1 is 1.07 bits per heavy atom. The smallest absolute Gasteiger partial charge is 0.161 e. The summed E-state index contributed by atoms with van der Waals surface area (Å²) in [5, 5.41) is 0. The molecule has 70 valence electrons. The molecule has 1 aromatic carbocycles. The molecule has 2 aromatic rings. The van der Waals surface area contributed by atoms with E-state index in [0.717, 1.165) is 10.0 Å². The van der Waals surface area contributed by atoms with Crippen molar-refractivity contribution in [3.63, 3.8) is 0 Å². The van der Waals surface area contributed by atoms with Crippen LogP contribution in [0.1, 0.15) is 0 Å². The van der Waals surface area contributed by atoms with Crippen LogP contribution < -0.4 is 5.73 Å². The van der Waals surface area contributed by atoms with Gasteiger partial charge in [0.25, 0.3) is 0 Å². The van der Waals surface area contributed by atoms with Crippen molar-refractivity contribution in [1.82, 2.24) is 9.97 Å². The fourth-order valence-electron chi connectivity index (χ4n) is 1.15. The molecule has 0 aliphatic rings. The van der Waals surface area contributed by atoms with E-state index in [0.29, 0.717) is 11.5 Å². The Kier molecular flexibility index (Phi) is 2.45. The predicted molar refractivity (Wildman–Crippen MR) is 59.6 cm³/mol. The molecule has 4 heteroatoms. The van der Waals surface area contributed by atoms with Gasteiger partial charge in [-0.15, -0.1) is 0 Å². The average Bonchev–Trinajstić information content (AvgIpc) is 2.20. The Morgan fingerprint density at radius 2 is 1.71 bits per heavy atom. The summed E-state index contributed by atoms with van der Waals surface area (Å²) < 4.78 is 0.857. The number of halogens is 1. The average molecular weight is 250 g/mol. The maximum absolute atomic E-state index is 5.80. The molecule has 0 spiro atoms. The Hall–Kier alpha value is -1.42. The van der Waals surface area contributed by atoms with Crippen LogP contribution in [0.15, 0.2) is 41.1 Å². The van der Waals surface area contributed by atoms with Crippen molar-refractivity contribution in [2.45, 2.75) is 0 Å². The van der Waals surface area contributed by atoms with Crippen LogP contribution in [-0.2, 0) is 0 Å². The van der Waals surface area contributed by atoms with Crippen LogP contribution in [0.5, 0.6) is 0 Å². The second-order valence-corrected chi connectivity index (χ2v) is 3.73.